The topological polar surface area (TPSA) is 101 Å². The van der Waals surface area contributed by atoms with Crippen LogP contribution in [0.3, 0.4) is 0 Å². The van der Waals surface area contributed by atoms with Gasteiger partial charge in [-0.3, -0.25) is 15.0 Å². The number of primary amides is 1. The fourth-order valence-corrected chi connectivity index (χ4v) is 2.43. The summed E-state index contributed by atoms with van der Waals surface area (Å²) in [5, 5.41) is 2.07. The van der Waals surface area contributed by atoms with E-state index in [2.05, 4.69) is 17.1 Å². The Morgan fingerprint density at radius 1 is 1.41 bits per heavy atom. The van der Waals surface area contributed by atoms with Gasteiger partial charge in [-0.25, -0.2) is 4.79 Å². The second-order valence-electron chi connectivity index (χ2n) is 4.57. The van der Waals surface area contributed by atoms with E-state index in [0.717, 1.165) is 12.8 Å². The number of carbonyl (C=O) groups excluding carboxylic acids is 2. The second kappa shape index (κ2) is 6.56. The number of urea groups is 1. The monoisotopic (exact) mass is 242 g/mol. The van der Waals surface area contributed by atoms with Crippen LogP contribution in [0.1, 0.15) is 32.6 Å². The van der Waals surface area contributed by atoms with Crippen LogP contribution >= 0.6 is 0 Å². The van der Waals surface area contributed by atoms with E-state index in [1.165, 1.54) is 6.42 Å². The molecule has 1 fully saturated rings. The SMILES string of the molecule is CC1CCCC(CN)N1CCC(=O)NC(N)=O. The molecular weight excluding hydrogens is 220 g/mol. The van der Waals surface area contributed by atoms with Crippen molar-refractivity contribution in [2.24, 2.45) is 11.5 Å². The number of nitrogens with two attached hydrogens (primary N) is 2. The molecule has 0 aromatic heterocycles. The van der Waals surface area contributed by atoms with E-state index in [1.807, 2.05) is 0 Å². The Morgan fingerprint density at radius 2 is 2.12 bits per heavy atom. The number of nitrogens with zero attached hydrogens (tertiary/aromatic N) is 1. The maximum absolute atomic E-state index is 11.3. The Morgan fingerprint density at radius 3 is 2.71 bits per heavy atom. The van der Waals surface area contributed by atoms with Crippen LogP contribution in [0.2, 0.25) is 0 Å². The van der Waals surface area contributed by atoms with Crippen LogP contribution in [-0.4, -0.2) is 42.0 Å². The van der Waals surface area contributed by atoms with Crippen LogP contribution < -0.4 is 16.8 Å². The van der Waals surface area contributed by atoms with Gasteiger partial charge in [-0.1, -0.05) is 6.42 Å². The molecule has 17 heavy (non-hydrogen) atoms. The molecule has 6 nitrogen and oxygen atoms in total. The van der Waals surface area contributed by atoms with Crippen molar-refractivity contribution in [1.29, 1.82) is 0 Å². The van der Waals surface area contributed by atoms with Crippen molar-refractivity contribution in [1.82, 2.24) is 10.2 Å². The quantitative estimate of drug-likeness (QED) is 0.634. The Labute approximate surface area is 102 Å². The lowest BCUT2D eigenvalue weighted by atomic mass is 9.96. The summed E-state index contributed by atoms with van der Waals surface area (Å²) < 4.78 is 0. The first-order valence-corrected chi connectivity index (χ1v) is 6.09. The molecule has 0 spiro atoms. The number of rotatable bonds is 4. The molecule has 1 heterocycles. The van der Waals surface area contributed by atoms with Gasteiger partial charge >= 0.3 is 6.03 Å². The summed E-state index contributed by atoms with van der Waals surface area (Å²) in [6, 6.07) is -0.00382. The summed E-state index contributed by atoms with van der Waals surface area (Å²) in [5.74, 6) is -0.328. The third kappa shape index (κ3) is 4.32. The van der Waals surface area contributed by atoms with Gasteiger partial charge in [0.1, 0.15) is 0 Å². The van der Waals surface area contributed by atoms with E-state index in [0.29, 0.717) is 25.2 Å². The first-order chi connectivity index (χ1) is 8.04. The molecule has 6 heteroatoms. The lowest BCUT2D eigenvalue weighted by Crippen LogP contribution is -2.50. The van der Waals surface area contributed by atoms with E-state index < -0.39 is 6.03 Å². The van der Waals surface area contributed by atoms with Crippen LogP contribution in [0.4, 0.5) is 4.79 Å². The molecule has 0 radical (unpaired) electrons. The number of amides is 3. The van der Waals surface area contributed by atoms with Gasteiger partial charge in [0.25, 0.3) is 0 Å². The van der Waals surface area contributed by atoms with Crippen molar-refractivity contribution in [3.63, 3.8) is 0 Å². The molecule has 0 bridgehead atoms. The Balaban J connectivity index is 2.41. The molecule has 1 aliphatic heterocycles. The van der Waals surface area contributed by atoms with Gasteiger partial charge in [0, 0.05) is 31.6 Å². The first kappa shape index (κ1) is 13.9. The molecule has 0 aliphatic carbocycles. The number of likely N-dealkylation sites (tertiary alicyclic amines) is 1. The molecule has 2 unspecified atom stereocenters. The Bertz CT molecular complexity index is 283. The number of hydrogen-bond acceptors (Lipinski definition) is 4. The predicted octanol–water partition coefficient (Wildman–Crippen LogP) is -0.227. The summed E-state index contributed by atoms with van der Waals surface area (Å²) in [5.41, 5.74) is 10.6. The molecule has 1 saturated heterocycles. The Hall–Kier alpha value is -1.14. The molecule has 98 valence electrons. The zero-order valence-electron chi connectivity index (χ0n) is 10.3. The largest absolute Gasteiger partial charge is 0.351 e. The zero-order valence-corrected chi connectivity index (χ0v) is 10.3. The van der Waals surface area contributed by atoms with E-state index in [9.17, 15) is 9.59 Å². The van der Waals surface area contributed by atoms with Gasteiger partial charge in [-0.05, 0) is 19.8 Å². The average molecular weight is 242 g/mol. The first-order valence-electron chi connectivity index (χ1n) is 6.09. The van der Waals surface area contributed by atoms with Crippen LogP contribution in [0, 0.1) is 0 Å². The summed E-state index contributed by atoms with van der Waals surface area (Å²) in [7, 11) is 0. The van der Waals surface area contributed by atoms with E-state index in [1.54, 1.807) is 0 Å². The van der Waals surface area contributed by atoms with Gasteiger partial charge in [0.05, 0.1) is 0 Å². The molecular formula is C11H22N4O2. The normalized spacial score (nSPS) is 25.5. The summed E-state index contributed by atoms with van der Waals surface area (Å²) in [4.78, 5) is 24.1. The highest BCUT2D eigenvalue weighted by Crippen LogP contribution is 2.22. The van der Waals surface area contributed by atoms with Gasteiger partial charge in [0.15, 0.2) is 0 Å². The van der Waals surface area contributed by atoms with E-state index in [-0.39, 0.29) is 12.3 Å². The lowest BCUT2D eigenvalue weighted by molar-refractivity contribution is -0.120. The molecule has 1 rings (SSSR count). The predicted molar refractivity (Wildman–Crippen MR) is 65.2 cm³/mol. The molecule has 2 atom stereocenters. The average Bonchev–Trinajstić information content (AvgIpc) is 2.26. The number of hydrogen-bond donors (Lipinski definition) is 3. The maximum atomic E-state index is 11.3. The molecule has 5 N–H and O–H groups in total. The number of imide groups is 1. The molecule has 1 aliphatic rings. The molecule has 3 amide bonds. The highest BCUT2D eigenvalue weighted by molar-refractivity contribution is 5.93. The summed E-state index contributed by atoms with van der Waals surface area (Å²) in [6.45, 7) is 3.39. The zero-order chi connectivity index (χ0) is 12.8. The minimum atomic E-state index is -0.794. The minimum Gasteiger partial charge on any atom is -0.351 e. The smallest absolute Gasteiger partial charge is 0.318 e. The molecule has 0 aromatic rings. The maximum Gasteiger partial charge on any atom is 0.318 e. The van der Waals surface area contributed by atoms with Crippen molar-refractivity contribution in [3.8, 4) is 0 Å². The van der Waals surface area contributed by atoms with Crippen molar-refractivity contribution in [2.75, 3.05) is 13.1 Å². The van der Waals surface area contributed by atoms with Crippen molar-refractivity contribution < 1.29 is 9.59 Å². The van der Waals surface area contributed by atoms with Gasteiger partial charge in [-0.2, -0.15) is 0 Å². The van der Waals surface area contributed by atoms with E-state index >= 15 is 0 Å². The summed E-state index contributed by atoms with van der Waals surface area (Å²) in [6.07, 6.45) is 3.68. The number of nitrogens with one attached hydrogen (secondary N) is 1. The van der Waals surface area contributed by atoms with Crippen molar-refractivity contribution >= 4 is 11.9 Å². The van der Waals surface area contributed by atoms with Crippen LogP contribution in [0.25, 0.3) is 0 Å². The van der Waals surface area contributed by atoms with Crippen molar-refractivity contribution in [2.45, 2.75) is 44.7 Å². The van der Waals surface area contributed by atoms with E-state index in [4.69, 9.17) is 11.5 Å². The number of carbonyl (C=O) groups is 2. The van der Waals surface area contributed by atoms with Crippen LogP contribution in [0.5, 0.6) is 0 Å². The lowest BCUT2D eigenvalue weighted by Gasteiger charge is -2.40. The van der Waals surface area contributed by atoms with Gasteiger partial charge in [-0.15, -0.1) is 0 Å². The summed E-state index contributed by atoms with van der Waals surface area (Å²) >= 11 is 0. The Kier molecular flexibility index (Phi) is 5.37. The molecule has 0 saturated carbocycles. The van der Waals surface area contributed by atoms with Crippen LogP contribution in [-0.2, 0) is 4.79 Å². The fraction of sp³-hybridized carbons (Fsp3) is 0.818. The van der Waals surface area contributed by atoms with Gasteiger partial charge < -0.3 is 11.5 Å². The van der Waals surface area contributed by atoms with Gasteiger partial charge in [0.2, 0.25) is 5.91 Å². The van der Waals surface area contributed by atoms with Crippen LogP contribution in [0.15, 0.2) is 0 Å². The highest BCUT2D eigenvalue weighted by Gasteiger charge is 2.26. The third-order valence-corrected chi connectivity index (χ3v) is 3.33. The molecule has 0 aromatic carbocycles. The second-order valence-corrected chi connectivity index (χ2v) is 4.57. The standard InChI is InChI=1S/C11H22N4O2/c1-8-3-2-4-9(7-12)15(8)6-5-10(16)14-11(13)17/h8-9H,2-7,12H2,1H3,(H3,13,14,16,17). The van der Waals surface area contributed by atoms with Crippen molar-refractivity contribution in [3.05, 3.63) is 0 Å². The minimum absolute atomic E-state index is 0.282. The fourth-order valence-electron chi connectivity index (χ4n) is 2.43. The number of piperidine rings is 1. The highest BCUT2D eigenvalue weighted by atomic mass is 16.2. The third-order valence-electron chi connectivity index (χ3n) is 3.33.